The van der Waals surface area contributed by atoms with E-state index in [0.717, 1.165) is 25.7 Å². The molecule has 0 aromatic rings. The van der Waals surface area contributed by atoms with E-state index >= 15 is 0 Å². The van der Waals surface area contributed by atoms with Gasteiger partial charge in [0.2, 0.25) is 0 Å². The first-order valence-corrected chi connectivity index (χ1v) is 4.70. The Balaban J connectivity index is 2.09. The van der Waals surface area contributed by atoms with Crippen molar-refractivity contribution < 1.29 is 8.78 Å². The Hall–Kier alpha value is -0.180. The maximum atomic E-state index is 13.0. The van der Waals surface area contributed by atoms with Crippen molar-refractivity contribution in [3.63, 3.8) is 0 Å². The molecule has 1 unspecified atom stereocenters. The van der Waals surface area contributed by atoms with Crippen molar-refractivity contribution in [3.05, 3.63) is 0 Å². The van der Waals surface area contributed by atoms with E-state index in [1.807, 2.05) is 0 Å². The lowest BCUT2D eigenvalue weighted by Gasteiger charge is -2.21. The molecule has 1 nitrogen and oxygen atoms in total. The first-order chi connectivity index (χ1) is 5.62. The molecule has 1 atom stereocenters. The predicted octanol–water partition coefficient (Wildman–Crippen LogP) is 2.16. The average molecular weight is 175 g/mol. The van der Waals surface area contributed by atoms with Gasteiger partial charge in [-0.15, -0.1) is 0 Å². The summed E-state index contributed by atoms with van der Waals surface area (Å²) >= 11 is 0. The van der Waals surface area contributed by atoms with Crippen molar-refractivity contribution in [2.45, 2.75) is 38.0 Å². The van der Waals surface area contributed by atoms with Gasteiger partial charge in [0.15, 0.2) is 0 Å². The highest BCUT2D eigenvalue weighted by Crippen LogP contribution is 2.66. The molecule has 2 saturated carbocycles. The molecule has 0 aliphatic heterocycles. The lowest BCUT2D eigenvalue weighted by molar-refractivity contribution is 0.0427. The van der Waals surface area contributed by atoms with Crippen LogP contribution in [0.5, 0.6) is 0 Å². The molecule has 0 amide bonds. The van der Waals surface area contributed by atoms with E-state index in [0.29, 0.717) is 0 Å². The first kappa shape index (κ1) is 8.42. The van der Waals surface area contributed by atoms with Crippen LogP contribution in [0.15, 0.2) is 0 Å². The highest BCUT2D eigenvalue weighted by Gasteiger charge is 2.72. The van der Waals surface area contributed by atoms with Crippen molar-refractivity contribution >= 4 is 0 Å². The fraction of sp³-hybridized carbons (Fsp3) is 1.00. The van der Waals surface area contributed by atoms with Crippen molar-refractivity contribution in [1.29, 1.82) is 0 Å². The van der Waals surface area contributed by atoms with E-state index in [4.69, 9.17) is 5.73 Å². The molecule has 12 heavy (non-hydrogen) atoms. The summed E-state index contributed by atoms with van der Waals surface area (Å²) in [6.07, 6.45) is 4.20. The van der Waals surface area contributed by atoms with Gasteiger partial charge in [0, 0.05) is 13.0 Å². The summed E-state index contributed by atoms with van der Waals surface area (Å²) in [5.74, 6) is -2.24. The number of hydrogen-bond acceptors (Lipinski definition) is 1. The standard InChI is InChI=1S/C9H15F2N/c10-9(11)5-8(9,6-12)7-3-1-2-4-7/h7H,1-6,12H2. The maximum absolute atomic E-state index is 13.0. The largest absolute Gasteiger partial charge is 0.330 e. The van der Waals surface area contributed by atoms with Crippen LogP contribution < -0.4 is 5.73 Å². The Morgan fingerprint density at radius 2 is 1.75 bits per heavy atom. The second-order valence-electron chi connectivity index (χ2n) is 4.22. The number of hydrogen-bond donors (Lipinski definition) is 1. The zero-order chi connectivity index (χ0) is 8.82. The molecule has 0 aromatic carbocycles. The Morgan fingerprint density at radius 3 is 2.08 bits per heavy atom. The molecule has 0 heterocycles. The average Bonchev–Trinajstić information content (AvgIpc) is 2.52. The van der Waals surface area contributed by atoms with Gasteiger partial charge in [-0.2, -0.15) is 0 Å². The van der Waals surface area contributed by atoms with Gasteiger partial charge < -0.3 is 5.73 Å². The zero-order valence-corrected chi connectivity index (χ0v) is 7.15. The predicted molar refractivity (Wildman–Crippen MR) is 43.0 cm³/mol. The highest BCUT2D eigenvalue weighted by molar-refractivity contribution is 5.14. The fourth-order valence-corrected chi connectivity index (χ4v) is 2.66. The summed E-state index contributed by atoms with van der Waals surface area (Å²) in [7, 11) is 0. The van der Waals surface area contributed by atoms with Gasteiger partial charge in [0.05, 0.1) is 5.41 Å². The van der Waals surface area contributed by atoms with E-state index in [1.54, 1.807) is 0 Å². The smallest absolute Gasteiger partial charge is 0.256 e. The Morgan fingerprint density at radius 1 is 1.25 bits per heavy atom. The molecular weight excluding hydrogens is 160 g/mol. The van der Waals surface area contributed by atoms with Crippen molar-refractivity contribution in [2.24, 2.45) is 17.1 Å². The van der Waals surface area contributed by atoms with Gasteiger partial charge >= 0.3 is 0 Å². The third kappa shape index (κ3) is 0.920. The number of halogens is 2. The van der Waals surface area contributed by atoms with E-state index < -0.39 is 11.3 Å². The molecule has 2 aliphatic rings. The summed E-state index contributed by atoms with van der Waals surface area (Å²) in [6.45, 7) is 0.171. The van der Waals surface area contributed by atoms with Crippen LogP contribution in [0.2, 0.25) is 0 Å². The normalized spacial score (nSPS) is 40.2. The van der Waals surface area contributed by atoms with Crippen molar-refractivity contribution in [2.75, 3.05) is 6.54 Å². The van der Waals surface area contributed by atoms with Gasteiger partial charge in [0.25, 0.3) is 5.92 Å². The second kappa shape index (κ2) is 2.41. The molecular formula is C9H15F2N. The molecule has 0 saturated heterocycles. The summed E-state index contributed by atoms with van der Waals surface area (Å²) in [5, 5.41) is 0. The molecule has 2 fully saturated rings. The van der Waals surface area contributed by atoms with E-state index in [2.05, 4.69) is 0 Å². The lowest BCUT2D eigenvalue weighted by Crippen LogP contribution is -2.29. The lowest BCUT2D eigenvalue weighted by atomic mass is 9.87. The molecule has 0 spiro atoms. The first-order valence-electron chi connectivity index (χ1n) is 4.70. The van der Waals surface area contributed by atoms with Crippen molar-refractivity contribution in [1.82, 2.24) is 0 Å². The van der Waals surface area contributed by atoms with Gasteiger partial charge in [-0.1, -0.05) is 12.8 Å². The SMILES string of the molecule is NCC1(C2CCCC2)CC1(F)F. The van der Waals surface area contributed by atoms with Gasteiger partial charge in [0.1, 0.15) is 0 Å². The minimum absolute atomic E-state index is 0.0428. The topological polar surface area (TPSA) is 26.0 Å². The molecule has 0 aromatic heterocycles. The maximum Gasteiger partial charge on any atom is 0.256 e. The van der Waals surface area contributed by atoms with Gasteiger partial charge in [-0.3, -0.25) is 0 Å². The van der Waals surface area contributed by atoms with E-state index in [-0.39, 0.29) is 18.9 Å². The minimum atomic E-state index is -2.45. The number of rotatable bonds is 2. The van der Waals surface area contributed by atoms with Crippen LogP contribution in [0.1, 0.15) is 32.1 Å². The zero-order valence-electron chi connectivity index (χ0n) is 7.15. The Labute approximate surface area is 71.3 Å². The number of nitrogens with two attached hydrogens (primary N) is 1. The van der Waals surface area contributed by atoms with Crippen LogP contribution in [0.25, 0.3) is 0 Å². The summed E-state index contributed by atoms with van der Waals surface area (Å²) < 4.78 is 26.0. The van der Waals surface area contributed by atoms with Gasteiger partial charge in [-0.05, 0) is 18.8 Å². The molecule has 0 bridgehead atoms. The monoisotopic (exact) mass is 175 g/mol. The Kier molecular flexibility index (Phi) is 1.69. The van der Waals surface area contributed by atoms with Crippen molar-refractivity contribution in [3.8, 4) is 0 Å². The highest BCUT2D eigenvalue weighted by atomic mass is 19.3. The molecule has 2 N–H and O–H groups in total. The van der Waals surface area contributed by atoms with Gasteiger partial charge in [-0.25, -0.2) is 8.78 Å². The summed E-state index contributed by atoms with van der Waals surface area (Å²) in [5.41, 5.74) is 4.66. The van der Waals surface area contributed by atoms with Crippen LogP contribution in [-0.4, -0.2) is 12.5 Å². The van der Waals surface area contributed by atoms with E-state index in [9.17, 15) is 8.78 Å². The van der Waals surface area contributed by atoms with Crippen LogP contribution in [0.4, 0.5) is 8.78 Å². The molecule has 70 valence electrons. The van der Waals surface area contributed by atoms with Crippen LogP contribution in [0.3, 0.4) is 0 Å². The third-order valence-corrected chi connectivity index (χ3v) is 3.64. The molecule has 3 heteroatoms. The number of alkyl halides is 2. The second-order valence-corrected chi connectivity index (χ2v) is 4.22. The van der Waals surface area contributed by atoms with Crippen LogP contribution in [0, 0.1) is 11.3 Å². The summed E-state index contributed by atoms with van der Waals surface area (Å²) in [4.78, 5) is 0. The quantitative estimate of drug-likeness (QED) is 0.683. The molecule has 2 rings (SSSR count). The minimum Gasteiger partial charge on any atom is -0.330 e. The van der Waals surface area contributed by atoms with E-state index in [1.165, 1.54) is 0 Å². The molecule has 2 aliphatic carbocycles. The third-order valence-electron chi connectivity index (χ3n) is 3.64. The van der Waals surface area contributed by atoms with Crippen LogP contribution in [-0.2, 0) is 0 Å². The Bertz CT molecular complexity index is 187. The fourth-order valence-electron chi connectivity index (χ4n) is 2.66. The summed E-state index contributed by atoms with van der Waals surface area (Å²) in [6, 6.07) is 0. The van der Waals surface area contributed by atoms with Crippen LogP contribution >= 0.6 is 0 Å². The molecule has 0 radical (unpaired) electrons.